The van der Waals surface area contributed by atoms with Crippen molar-refractivity contribution >= 4 is 11.6 Å². The summed E-state index contributed by atoms with van der Waals surface area (Å²) in [6.45, 7) is 4.36. The van der Waals surface area contributed by atoms with Crippen LogP contribution in [0.15, 0.2) is 65.5 Å². The van der Waals surface area contributed by atoms with Crippen LogP contribution in [0.1, 0.15) is 32.9 Å². The van der Waals surface area contributed by atoms with Gasteiger partial charge in [0.15, 0.2) is 5.43 Å². The number of nitrogens with zero attached hydrogens (tertiary/aromatic N) is 2. The zero-order valence-corrected chi connectivity index (χ0v) is 15.9. The minimum absolute atomic E-state index is 0.142. The van der Waals surface area contributed by atoms with Crippen molar-refractivity contribution in [3.05, 3.63) is 99.0 Å². The van der Waals surface area contributed by atoms with E-state index in [1.165, 1.54) is 11.6 Å². The molecule has 1 N–H and O–H groups in total. The summed E-state index contributed by atoms with van der Waals surface area (Å²) in [6, 6.07) is 20.2. The van der Waals surface area contributed by atoms with Gasteiger partial charge in [0, 0.05) is 29.7 Å². The molecular weight excluding hydrogens is 350 g/mol. The van der Waals surface area contributed by atoms with E-state index in [2.05, 4.69) is 17.4 Å². The Morgan fingerprint density at radius 3 is 2.39 bits per heavy atom. The number of amides is 1. The van der Waals surface area contributed by atoms with Gasteiger partial charge in [0.1, 0.15) is 5.56 Å². The van der Waals surface area contributed by atoms with E-state index in [1.807, 2.05) is 35.8 Å². The van der Waals surface area contributed by atoms with Crippen LogP contribution in [0.2, 0.25) is 0 Å². The van der Waals surface area contributed by atoms with Crippen LogP contribution < -0.4 is 10.7 Å². The Labute approximate surface area is 163 Å². The summed E-state index contributed by atoms with van der Waals surface area (Å²) in [5.74, 6) is -0.444. The molecule has 0 atom stereocenters. The first-order valence-corrected chi connectivity index (χ1v) is 9.06. The van der Waals surface area contributed by atoms with E-state index in [9.17, 15) is 9.59 Å². The number of nitriles is 1. The lowest BCUT2D eigenvalue weighted by atomic mass is 10.1. The maximum atomic E-state index is 12.8. The van der Waals surface area contributed by atoms with Gasteiger partial charge in [0.05, 0.1) is 11.6 Å². The number of hydrogen-bond donors (Lipinski definition) is 1. The van der Waals surface area contributed by atoms with Crippen LogP contribution in [0.25, 0.3) is 0 Å². The number of rotatable bonds is 5. The van der Waals surface area contributed by atoms with Crippen molar-refractivity contribution in [2.75, 3.05) is 5.32 Å². The second-order valence-electron chi connectivity index (χ2n) is 6.64. The predicted molar refractivity (Wildman–Crippen MR) is 109 cm³/mol. The normalized spacial score (nSPS) is 10.3. The fourth-order valence-electron chi connectivity index (χ4n) is 3.25. The lowest BCUT2D eigenvalue weighted by Crippen LogP contribution is -2.27. The smallest absolute Gasteiger partial charge is 0.261 e. The summed E-state index contributed by atoms with van der Waals surface area (Å²) in [5, 5.41) is 11.6. The number of anilines is 1. The van der Waals surface area contributed by atoms with Crippen LogP contribution in [0.3, 0.4) is 0 Å². The van der Waals surface area contributed by atoms with Crippen LogP contribution in [-0.4, -0.2) is 10.5 Å². The fraction of sp³-hybridized carbons (Fsp3) is 0.174. The van der Waals surface area contributed by atoms with Crippen LogP contribution in [0.5, 0.6) is 0 Å². The third-order valence-electron chi connectivity index (χ3n) is 4.74. The molecule has 0 aliphatic rings. The minimum atomic E-state index is -0.444. The van der Waals surface area contributed by atoms with Crippen LogP contribution in [0.4, 0.5) is 5.69 Å². The van der Waals surface area contributed by atoms with Gasteiger partial charge >= 0.3 is 0 Å². The summed E-state index contributed by atoms with van der Waals surface area (Å²) in [6.07, 6.45) is 0.808. The Morgan fingerprint density at radius 1 is 1.07 bits per heavy atom. The quantitative estimate of drug-likeness (QED) is 0.741. The number of hydrogen-bond acceptors (Lipinski definition) is 3. The number of pyridine rings is 1. The average Bonchev–Trinajstić information content (AvgIpc) is 2.69. The number of aryl methyl sites for hydroxylation is 2. The maximum absolute atomic E-state index is 12.8. The summed E-state index contributed by atoms with van der Waals surface area (Å²) < 4.78 is 2.00. The number of aromatic nitrogens is 1. The minimum Gasteiger partial charge on any atom is -0.348 e. The first kappa shape index (κ1) is 19.1. The maximum Gasteiger partial charge on any atom is 0.261 e. The molecule has 140 valence electrons. The molecule has 0 aliphatic carbocycles. The lowest BCUT2D eigenvalue weighted by Gasteiger charge is -2.17. The van der Waals surface area contributed by atoms with Gasteiger partial charge in [-0.25, -0.2) is 0 Å². The number of carbonyl (C=O) groups excluding carboxylic acids is 1. The van der Waals surface area contributed by atoms with Crippen molar-refractivity contribution in [1.82, 2.24) is 4.57 Å². The molecule has 1 heterocycles. The molecule has 5 nitrogen and oxygen atoms in total. The van der Waals surface area contributed by atoms with Gasteiger partial charge < -0.3 is 9.88 Å². The molecule has 0 saturated heterocycles. The Bertz CT molecular complexity index is 1090. The molecule has 0 saturated carbocycles. The van der Waals surface area contributed by atoms with E-state index in [0.29, 0.717) is 23.5 Å². The molecule has 3 aromatic rings. The Balaban J connectivity index is 1.86. The monoisotopic (exact) mass is 371 g/mol. The van der Waals surface area contributed by atoms with Crippen molar-refractivity contribution in [3.63, 3.8) is 0 Å². The van der Waals surface area contributed by atoms with E-state index in [1.54, 1.807) is 31.2 Å². The molecule has 0 aliphatic heterocycles. The van der Waals surface area contributed by atoms with Crippen molar-refractivity contribution in [3.8, 4) is 6.07 Å². The van der Waals surface area contributed by atoms with E-state index >= 15 is 0 Å². The van der Waals surface area contributed by atoms with Gasteiger partial charge in [-0.05, 0) is 50.1 Å². The first-order chi connectivity index (χ1) is 13.5. The van der Waals surface area contributed by atoms with Gasteiger partial charge in [0.2, 0.25) is 0 Å². The highest BCUT2D eigenvalue weighted by molar-refractivity contribution is 6.05. The second kappa shape index (κ2) is 8.36. The molecule has 1 aromatic heterocycles. The van der Waals surface area contributed by atoms with Crippen LogP contribution in [0, 0.1) is 25.2 Å². The fourth-order valence-corrected chi connectivity index (χ4v) is 3.25. The summed E-state index contributed by atoms with van der Waals surface area (Å²) >= 11 is 0. The SMILES string of the molecule is Cc1cc(=O)c(C(=O)Nc2ccc(C#N)cc2)c(C)n1CCc1ccccc1. The van der Waals surface area contributed by atoms with Crippen molar-refractivity contribution < 1.29 is 4.79 Å². The highest BCUT2D eigenvalue weighted by Gasteiger charge is 2.17. The zero-order valence-electron chi connectivity index (χ0n) is 15.9. The highest BCUT2D eigenvalue weighted by Crippen LogP contribution is 2.14. The van der Waals surface area contributed by atoms with Crippen LogP contribution in [-0.2, 0) is 13.0 Å². The molecule has 0 radical (unpaired) electrons. The van der Waals surface area contributed by atoms with Crippen LogP contribution >= 0.6 is 0 Å². The number of carbonyl (C=O) groups is 1. The van der Waals surface area contributed by atoms with E-state index < -0.39 is 5.91 Å². The zero-order chi connectivity index (χ0) is 20.1. The third-order valence-corrected chi connectivity index (χ3v) is 4.74. The molecular formula is C23H21N3O2. The summed E-state index contributed by atoms with van der Waals surface area (Å²) in [7, 11) is 0. The number of benzene rings is 2. The summed E-state index contributed by atoms with van der Waals surface area (Å²) in [5.41, 5.74) is 3.57. The molecule has 2 aromatic carbocycles. The van der Waals surface area contributed by atoms with E-state index in [-0.39, 0.29) is 11.0 Å². The number of nitrogens with one attached hydrogen (secondary N) is 1. The Kier molecular flexibility index (Phi) is 5.71. The standard InChI is InChI=1S/C23H21N3O2/c1-16-14-21(27)22(23(28)25-20-10-8-19(15-24)9-11-20)17(2)26(16)13-12-18-6-4-3-5-7-18/h3-11,14H,12-13H2,1-2H3,(H,25,28). The molecule has 0 bridgehead atoms. The summed E-state index contributed by atoms with van der Waals surface area (Å²) in [4.78, 5) is 25.3. The molecule has 5 heteroatoms. The molecule has 0 fully saturated rings. The van der Waals surface area contributed by atoms with Gasteiger partial charge in [-0.2, -0.15) is 5.26 Å². The van der Waals surface area contributed by atoms with E-state index in [0.717, 1.165) is 12.1 Å². The van der Waals surface area contributed by atoms with Gasteiger partial charge in [-0.3, -0.25) is 9.59 Å². The van der Waals surface area contributed by atoms with Gasteiger partial charge in [-0.15, -0.1) is 0 Å². The Hall–Kier alpha value is -3.65. The molecule has 0 spiro atoms. The molecule has 3 rings (SSSR count). The van der Waals surface area contributed by atoms with Crippen molar-refractivity contribution in [2.24, 2.45) is 0 Å². The lowest BCUT2D eigenvalue weighted by molar-refractivity contribution is 0.102. The topological polar surface area (TPSA) is 74.9 Å². The molecule has 28 heavy (non-hydrogen) atoms. The molecule has 1 amide bonds. The predicted octanol–water partition coefficient (Wildman–Crippen LogP) is 3.83. The molecule has 0 unspecified atom stereocenters. The highest BCUT2D eigenvalue weighted by atomic mass is 16.2. The van der Waals surface area contributed by atoms with Crippen molar-refractivity contribution in [1.29, 1.82) is 5.26 Å². The second-order valence-corrected chi connectivity index (χ2v) is 6.64. The Morgan fingerprint density at radius 2 is 1.75 bits per heavy atom. The third kappa shape index (κ3) is 4.18. The first-order valence-electron chi connectivity index (χ1n) is 9.06. The average molecular weight is 371 g/mol. The van der Waals surface area contributed by atoms with Crippen molar-refractivity contribution in [2.45, 2.75) is 26.8 Å². The largest absolute Gasteiger partial charge is 0.348 e. The van der Waals surface area contributed by atoms with E-state index in [4.69, 9.17) is 5.26 Å². The van der Waals surface area contributed by atoms with Gasteiger partial charge in [-0.1, -0.05) is 30.3 Å². The van der Waals surface area contributed by atoms with Gasteiger partial charge in [0.25, 0.3) is 5.91 Å².